The van der Waals surface area contributed by atoms with Crippen molar-refractivity contribution in [2.24, 2.45) is 0 Å². The molecular weight excluding hydrogens is 354 g/mol. The van der Waals surface area contributed by atoms with Crippen LogP contribution >= 0.6 is 23.4 Å². The molecular formula is C19H14ClN3OS. The van der Waals surface area contributed by atoms with Gasteiger partial charge in [0.1, 0.15) is 0 Å². The van der Waals surface area contributed by atoms with E-state index in [1.807, 2.05) is 71.3 Å². The summed E-state index contributed by atoms with van der Waals surface area (Å²) in [7, 11) is 0. The van der Waals surface area contributed by atoms with E-state index in [0.717, 1.165) is 21.6 Å². The summed E-state index contributed by atoms with van der Waals surface area (Å²) in [5.74, 6) is 2.16. The fraction of sp³-hybridized carbons (Fsp3) is 0.0526. The van der Waals surface area contributed by atoms with Crippen LogP contribution in [0.3, 0.4) is 0 Å². The van der Waals surface area contributed by atoms with Crippen LogP contribution in [0.2, 0.25) is 5.02 Å². The third-order valence-electron chi connectivity index (χ3n) is 3.67. The molecule has 4 aromatic rings. The SMILES string of the molecule is Clc1ccc(CSc2nnc(-c3ccco3)n2-c2ccccc2)cc1. The second-order valence-electron chi connectivity index (χ2n) is 5.37. The fourth-order valence-electron chi connectivity index (χ4n) is 2.47. The molecule has 0 bridgehead atoms. The van der Waals surface area contributed by atoms with Crippen molar-refractivity contribution < 1.29 is 4.42 Å². The number of furan rings is 1. The molecule has 0 saturated heterocycles. The van der Waals surface area contributed by atoms with Crippen molar-refractivity contribution in [1.29, 1.82) is 0 Å². The molecule has 2 heterocycles. The average molecular weight is 368 g/mol. The Morgan fingerprint density at radius 1 is 0.920 bits per heavy atom. The maximum absolute atomic E-state index is 5.95. The summed E-state index contributed by atoms with van der Waals surface area (Å²) in [6.07, 6.45) is 1.64. The van der Waals surface area contributed by atoms with Gasteiger partial charge in [0, 0.05) is 16.5 Å². The predicted molar refractivity (Wildman–Crippen MR) is 100 cm³/mol. The normalized spacial score (nSPS) is 10.9. The zero-order valence-corrected chi connectivity index (χ0v) is 14.7. The molecule has 4 nitrogen and oxygen atoms in total. The Hall–Kier alpha value is -2.50. The summed E-state index contributed by atoms with van der Waals surface area (Å²) in [4.78, 5) is 0. The van der Waals surface area contributed by atoms with E-state index >= 15 is 0 Å². The monoisotopic (exact) mass is 367 g/mol. The Morgan fingerprint density at radius 3 is 2.44 bits per heavy atom. The standard InChI is InChI=1S/C19H14ClN3OS/c20-15-10-8-14(9-11-15)13-25-19-22-21-18(17-7-4-12-24-17)23(19)16-5-2-1-3-6-16/h1-12H,13H2. The van der Waals surface area contributed by atoms with Gasteiger partial charge in [0.05, 0.1) is 6.26 Å². The van der Waals surface area contributed by atoms with Crippen LogP contribution in [0.1, 0.15) is 5.56 Å². The maximum atomic E-state index is 5.95. The van der Waals surface area contributed by atoms with Crippen LogP contribution in [-0.2, 0) is 5.75 Å². The molecule has 2 aromatic carbocycles. The zero-order valence-electron chi connectivity index (χ0n) is 13.2. The highest BCUT2D eigenvalue weighted by Crippen LogP contribution is 2.30. The molecule has 124 valence electrons. The minimum Gasteiger partial charge on any atom is -0.461 e. The molecule has 0 N–H and O–H groups in total. The molecule has 25 heavy (non-hydrogen) atoms. The van der Waals surface area contributed by atoms with Crippen LogP contribution in [0.25, 0.3) is 17.3 Å². The van der Waals surface area contributed by atoms with Gasteiger partial charge in [-0.25, -0.2) is 0 Å². The number of nitrogens with zero attached hydrogens (tertiary/aromatic N) is 3. The number of benzene rings is 2. The van der Waals surface area contributed by atoms with Crippen LogP contribution in [0.15, 0.2) is 82.6 Å². The molecule has 0 aliphatic rings. The van der Waals surface area contributed by atoms with Gasteiger partial charge in [-0.05, 0) is 42.0 Å². The largest absolute Gasteiger partial charge is 0.461 e. The summed E-state index contributed by atoms with van der Waals surface area (Å²) in [6, 6.07) is 21.6. The summed E-state index contributed by atoms with van der Waals surface area (Å²) in [5.41, 5.74) is 2.18. The van der Waals surface area contributed by atoms with E-state index in [0.29, 0.717) is 11.6 Å². The van der Waals surface area contributed by atoms with Gasteiger partial charge in [0.15, 0.2) is 10.9 Å². The highest BCUT2D eigenvalue weighted by atomic mass is 35.5. The van der Waals surface area contributed by atoms with Gasteiger partial charge < -0.3 is 4.42 Å². The zero-order chi connectivity index (χ0) is 17.1. The highest BCUT2D eigenvalue weighted by molar-refractivity contribution is 7.98. The maximum Gasteiger partial charge on any atom is 0.205 e. The Balaban J connectivity index is 1.69. The highest BCUT2D eigenvalue weighted by Gasteiger charge is 2.17. The average Bonchev–Trinajstić information content (AvgIpc) is 3.31. The molecule has 0 saturated carbocycles. The molecule has 6 heteroatoms. The van der Waals surface area contributed by atoms with Crippen molar-refractivity contribution in [3.63, 3.8) is 0 Å². The van der Waals surface area contributed by atoms with Gasteiger partial charge >= 0.3 is 0 Å². The lowest BCUT2D eigenvalue weighted by Crippen LogP contribution is -1.99. The molecule has 0 unspecified atom stereocenters. The summed E-state index contributed by atoms with van der Waals surface area (Å²) in [5, 5.41) is 10.3. The van der Waals surface area contributed by atoms with E-state index in [1.165, 1.54) is 5.56 Å². The van der Waals surface area contributed by atoms with E-state index in [1.54, 1.807) is 18.0 Å². The number of halogens is 1. The summed E-state index contributed by atoms with van der Waals surface area (Å²) >= 11 is 7.57. The van der Waals surface area contributed by atoms with Crippen LogP contribution in [0.4, 0.5) is 0 Å². The first-order valence-electron chi connectivity index (χ1n) is 7.73. The number of para-hydroxylation sites is 1. The van der Waals surface area contributed by atoms with Gasteiger partial charge in [-0.1, -0.05) is 53.7 Å². The number of thioether (sulfide) groups is 1. The number of aromatic nitrogens is 3. The van der Waals surface area contributed by atoms with E-state index in [4.69, 9.17) is 16.0 Å². The topological polar surface area (TPSA) is 43.9 Å². The van der Waals surface area contributed by atoms with Gasteiger partial charge in [0.2, 0.25) is 5.82 Å². The van der Waals surface area contributed by atoms with Crippen molar-refractivity contribution in [2.45, 2.75) is 10.9 Å². The molecule has 4 rings (SSSR count). The molecule has 0 spiro atoms. The third-order valence-corrected chi connectivity index (χ3v) is 4.92. The van der Waals surface area contributed by atoms with Crippen molar-refractivity contribution in [2.75, 3.05) is 0 Å². The van der Waals surface area contributed by atoms with Crippen molar-refractivity contribution in [1.82, 2.24) is 14.8 Å². The van der Waals surface area contributed by atoms with Crippen molar-refractivity contribution in [3.05, 3.63) is 83.6 Å². The van der Waals surface area contributed by atoms with Crippen LogP contribution in [0.5, 0.6) is 0 Å². The van der Waals surface area contributed by atoms with Crippen LogP contribution < -0.4 is 0 Å². The van der Waals surface area contributed by atoms with Crippen molar-refractivity contribution >= 4 is 23.4 Å². The second-order valence-corrected chi connectivity index (χ2v) is 6.75. The van der Waals surface area contributed by atoms with Gasteiger partial charge in [0.25, 0.3) is 0 Å². The van der Waals surface area contributed by atoms with Crippen LogP contribution in [-0.4, -0.2) is 14.8 Å². The number of hydrogen-bond acceptors (Lipinski definition) is 4. The minimum absolute atomic E-state index is 0.690. The first-order chi connectivity index (χ1) is 12.3. The van der Waals surface area contributed by atoms with Gasteiger partial charge in [-0.3, -0.25) is 4.57 Å². The smallest absolute Gasteiger partial charge is 0.205 e. The molecule has 0 fully saturated rings. The molecule has 0 aliphatic heterocycles. The summed E-state index contributed by atoms with van der Waals surface area (Å²) < 4.78 is 7.54. The van der Waals surface area contributed by atoms with E-state index in [2.05, 4.69) is 10.2 Å². The Morgan fingerprint density at radius 2 is 1.72 bits per heavy atom. The van der Waals surface area contributed by atoms with Crippen molar-refractivity contribution in [3.8, 4) is 17.3 Å². The lowest BCUT2D eigenvalue weighted by Gasteiger charge is -2.09. The second kappa shape index (κ2) is 7.17. The summed E-state index contributed by atoms with van der Waals surface area (Å²) in [6.45, 7) is 0. The first kappa shape index (κ1) is 16.0. The van der Waals surface area contributed by atoms with Gasteiger partial charge in [-0.2, -0.15) is 0 Å². The van der Waals surface area contributed by atoms with E-state index in [9.17, 15) is 0 Å². The van der Waals surface area contributed by atoms with E-state index in [-0.39, 0.29) is 0 Å². The quantitative estimate of drug-likeness (QED) is 0.438. The Labute approximate surface area is 154 Å². The third kappa shape index (κ3) is 3.48. The lowest BCUT2D eigenvalue weighted by atomic mass is 10.2. The Kier molecular flexibility index (Phi) is 4.59. The van der Waals surface area contributed by atoms with Crippen LogP contribution in [0, 0.1) is 0 Å². The Bertz CT molecular complexity index is 950. The van der Waals surface area contributed by atoms with Gasteiger partial charge in [-0.15, -0.1) is 10.2 Å². The fourth-order valence-corrected chi connectivity index (χ4v) is 3.50. The molecule has 0 amide bonds. The molecule has 0 radical (unpaired) electrons. The predicted octanol–water partition coefficient (Wildman–Crippen LogP) is 5.47. The molecule has 0 aliphatic carbocycles. The molecule has 0 atom stereocenters. The minimum atomic E-state index is 0.690. The van der Waals surface area contributed by atoms with E-state index < -0.39 is 0 Å². The first-order valence-corrected chi connectivity index (χ1v) is 9.09. The lowest BCUT2D eigenvalue weighted by molar-refractivity contribution is 0.575. The number of rotatable bonds is 5. The molecule has 2 aromatic heterocycles. The number of hydrogen-bond donors (Lipinski definition) is 0.